The van der Waals surface area contributed by atoms with E-state index in [2.05, 4.69) is 50.4 Å². The number of nitrogens with one attached hydrogen (secondary N) is 2. The number of carbonyl (C=O) groups is 1. The van der Waals surface area contributed by atoms with Crippen LogP contribution in [0.15, 0.2) is 30.6 Å². The monoisotopic (exact) mass is 492 g/mol. The van der Waals surface area contributed by atoms with Crippen LogP contribution in [0.1, 0.15) is 35.5 Å². The van der Waals surface area contributed by atoms with Crippen LogP contribution in [-0.4, -0.2) is 69.7 Å². The molecule has 0 saturated carbocycles. The van der Waals surface area contributed by atoms with Gasteiger partial charge in [0.25, 0.3) is 5.91 Å². The number of pyridine rings is 1. The van der Waals surface area contributed by atoms with Crippen molar-refractivity contribution in [2.24, 2.45) is 7.05 Å². The van der Waals surface area contributed by atoms with Gasteiger partial charge in [0.05, 0.1) is 34.5 Å². The summed E-state index contributed by atoms with van der Waals surface area (Å²) < 4.78 is 16.5. The average Bonchev–Trinajstić information content (AvgIpc) is 3.33. The second-order valence-electron chi connectivity index (χ2n) is 9.87. The summed E-state index contributed by atoms with van der Waals surface area (Å²) in [6, 6.07) is 6.07. The van der Waals surface area contributed by atoms with Crippen molar-refractivity contribution < 1.29 is 9.18 Å². The third-order valence-corrected chi connectivity index (χ3v) is 7.03. The van der Waals surface area contributed by atoms with Crippen molar-refractivity contribution in [1.82, 2.24) is 24.6 Å². The SMILES string of the molecule is Cc1nn(C)cc1Nc1cc(Nc2ccc(N3CCN(C(C)C)CC3)c3c2C(=O)N(C)C3)c(F)cn1. The molecule has 36 heavy (non-hydrogen) atoms. The Labute approximate surface area is 210 Å². The first-order valence-electron chi connectivity index (χ1n) is 12.3. The highest BCUT2D eigenvalue weighted by Gasteiger charge is 2.32. The van der Waals surface area contributed by atoms with E-state index in [9.17, 15) is 9.18 Å². The Hall–Kier alpha value is -3.66. The van der Waals surface area contributed by atoms with Crippen molar-refractivity contribution in [1.29, 1.82) is 0 Å². The van der Waals surface area contributed by atoms with E-state index in [0.717, 1.165) is 48.8 Å². The molecule has 0 spiro atoms. The number of hydrogen-bond acceptors (Lipinski definition) is 7. The van der Waals surface area contributed by atoms with Gasteiger partial charge in [-0.3, -0.25) is 14.4 Å². The van der Waals surface area contributed by atoms with Crippen molar-refractivity contribution in [2.45, 2.75) is 33.4 Å². The van der Waals surface area contributed by atoms with E-state index in [1.807, 2.05) is 26.2 Å². The van der Waals surface area contributed by atoms with Gasteiger partial charge in [-0.05, 0) is 32.9 Å². The first-order valence-corrected chi connectivity index (χ1v) is 12.3. The van der Waals surface area contributed by atoms with E-state index in [0.29, 0.717) is 29.7 Å². The van der Waals surface area contributed by atoms with Crippen LogP contribution in [0, 0.1) is 12.7 Å². The molecular weight excluding hydrogens is 459 g/mol. The van der Waals surface area contributed by atoms with Crippen molar-refractivity contribution in [3.05, 3.63) is 53.2 Å². The molecule has 1 aromatic carbocycles. The molecule has 1 fully saturated rings. The number of benzene rings is 1. The number of halogens is 1. The largest absolute Gasteiger partial charge is 0.369 e. The van der Waals surface area contributed by atoms with Gasteiger partial charge in [0.1, 0.15) is 5.82 Å². The number of fused-ring (bicyclic) bond motifs is 1. The molecule has 10 heteroatoms. The summed E-state index contributed by atoms with van der Waals surface area (Å²) in [4.78, 5) is 23.9. The van der Waals surface area contributed by atoms with E-state index in [1.54, 1.807) is 22.7 Å². The predicted octanol–water partition coefficient (Wildman–Crippen LogP) is 3.87. The maximum Gasteiger partial charge on any atom is 0.256 e. The van der Waals surface area contributed by atoms with Crippen LogP contribution in [0.3, 0.4) is 0 Å². The lowest BCUT2D eigenvalue weighted by Crippen LogP contribution is -2.49. The zero-order chi connectivity index (χ0) is 25.6. The maximum atomic E-state index is 14.8. The Morgan fingerprint density at radius 1 is 1.03 bits per heavy atom. The number of hydrogen-bond donors (Lipinski definition) is 2. The lowest BCUT2D eigenvalue weighted by Gasteiger charge is -2.39. The predicted molar refractivity (Wildman–Crippen MR) is 140 cm³/mol. The zero-order valence-corrected chi connectivity index (χ0v) is 21.5. The summed E-state index contributed by atoms with van der Waals surface area (Å²) in [5.74, 6) is -0.0754. The minimum atomic E-state index is -0.495. The Morgan fingerprint density at radius 2 is 1.78 bits per heavy atom. The van der Waals surface area contributed by atoms with E-state index < -0.39 is 5.82 Å². The molecule has 2 aromatic heterocycles. The lowest BCUT2D eigenvalue weighted by molar-refractivity contribution is 0.0817. The quantitative estimate of drug-likeness (QED) is 0.541. The molecule has 0 radical (unpaired) electrons. The summed E-state index contributed by atoms with van der Waals surface area (Å²) in [6.07, 6.45) is 3.02. The minimum absolute atomic E-state index is 0.0611. The molecule has 0 bridgehead atoms. The standard InChI is InChI=1S/C26H33FN8O/c1-16(2)34-8-10-35(11-9-34)23-7-6-20(25-18(23)14-32(4)26(25)36)29-21-12-24(28-13-19(21)27)30-22-15-33(5)31-17(22)3/h6-7,12-13,15-16H,8-11,14H2,1-5H3,(H2,28,29,30). The lowest BCUT2D eigenvalue weighted by atomic mass is 10.0. The Bertz CT molecular complexity index is 1300. The molecule has 2 aliphatic rings. The molecule has 0 atom stereocenters. The fourth-order valence-electron chi connectivity index (χ4n) is 5.03. The smallest absolute Gasteiger partial charge is 0.256 e. The van der Waals surface area contributed by atoms with Crippen LogP contribution in [0.25, 0.3) is 0 Å². The van der Waals surface area contributed by atoms with Crippen molar-refractivity contribution >= 4 is 34.5 Å². The molecule has 1 saturated heterocycles. The van der Waals surface area contributed by atoms with Crippen LogP contribution in [0.5, 0.6) is 0 Å². The third-order valence-electron chi connectivity index (χ3n) is 7.03. The van der Waals surface area contributed by atoms with Gasteiger partial charge in [-0.15, -0.1) is 0 Å². The van der Waals surface area contributed by atoms with Crippen molar-refractivity contribution in [2.75, 3.05) is 48.8 Å². The molecule has 0 unspecified atom stereocenters. The summed E-state index contributed by atoms with van der Waals surface area (Å²) in [5.41, 5.74) is 5.13. The van der Waals surface area contributed by atoms with Crippen LogP contribution < -0.4 is 15.5 Å². The average molecular weight is 493 g/mol. The van der Waals surface area contributed by atoms with Crippen molar-refractivity contribution in [3.8, 4) is 0 Å². The first-order chi connectivity index (χ1) is 17.2. The highest BCUT2D eigenvalue weighted by molar-refractivity contribution is 6.05. The number of anilines is 5. The van der Waals surface area contributed by atoms with Gasteiger partial charge in [-0.2, -0.15) is 5.10 Å². The fraction of sp³-hybridized carbons (Fsp3) is 0.423. The number of aromatic nitrogens is 3. The molecule has 3 aromatic rings. The molecule has 0 aliphatic carbocycles. The zero-order valence-electron chi connectivity index (χ0n) is 21.5. The van der Waals surface area contributed by atoms with Gasteiger partial charge in [-0.1, -0.05) is 0 Å². The van der Waals surface area contributed by atoms with Crippen LogP contribution >= 0.6 is 0 Å². The number of amides is 1. The van der Waals surface area contributed by atoms with E-state index in [4.69, 9.17) is 0 Å². The minimum Gasteiger partial charge on any atom is -0.369 e. The highest BCUT2D eigenvalue weighted by Crippen LogP contribution is 2.38. The van der Waals surface area contributed by atoms with E-state index >= 15 is 0 Å². The number of carbonyl (C=O) groups excluding carboxylic acids is 1. The number of rotatable bonds is 6. The number of aryl methyl sites for hydroxylation is 2. The first kappa shape index (κ1) is 24.1. The van der Waals surface area contributed by atoms with Gasteiger partial charge in [0, 0.05) is 76.4 Å². The van der Waals surface area contributed by atoms with Crippen LogP contribution in [0.2, 0.25) is 0 Å². The van der Waals surface area contributed by atoms with Gasteiger partial charge < -0.3 is 20.4 Å². The van der Waals surface area contributed by atoms with Gasteiger partial charge >= 0.3 is 0 Å². The summed E-state index contributed by atoms with van der Waals surface area (Å²) >= 11 is 0. The van der Waals surface area contributed by atoms with Crippen LogP contribution in [0.4, 0.5) is 33.0 Å². The van der Waals surface area contributed by atoms with E-state index in [1.165, 1.54) is 6.20 Å². The Morgan fingerprint density at radius 3 is 2.44 bits per heavy atom. The maximum absolute atomic E-state index is 14.8. The molecule has 4 heterocycles. The number of piperazine rings is 1. The summed E-state index contributed by atoms with van der Waals surface area (Å²) in [5, 5.41) is 10.7. The number of nitrogens with zero attached hydrogens (tertiary/aromatic N) is 6. The van der Waals surface area contributed by atoms with E-state index in [-0.39, 0.29) is 11.6 Å². The normalized spacial score (nSPS) is 16.1. The van der Waals surface area contributed by atoms with Gasteiger partial charge in [-0.25, -0.2) is 9.37 Å². The Kier molecular flexibility index (Phi) is 6.29. The third kappa shape index (κ3) is 4.48. The summed E-state index contributed by atoms with van der Waals surface area (Å²) in [6.45, 7) is 10.7. The molecule has 2 N–H and O–H groups in total. The topological polar surface area (TPSA) is 81.6 Å². The van der Waals surface area contributed by atoms with Gasteiger partial charge in [0.2, 0.25) is 0 Å². The Balaban J connectivity index is 1.43. The second-order valence-corrected chi connectivity index (χ2v) is 9.87. The highest BCUT2D eigenvalue weighted by atomic mass is 19.1. The molecule has 9 nitrogen and oxygen atoms in total. The van der Waals surface area contributed by atoms with Crippen molar-refractivity contribution in [3.63, 3.8) is 0 Å². The fourth-order valence-corrected chi connectivity index (χ4v) is 5.03. The van der Waals surface area contributed by atoms with Gasteiger partial charge in [0.15, 0.2) is 5.82 Å². The molecular formula is C26H33FN8O. The molecule has 5 rings (SSSR count). The molecule has 2 aliphatic heterocycles. The second kappa shape index (κ2) is 9.42. The van der Waals surface area contributed by atoms with Crippen LogP contribution in [-0.2, 0) is 13.6 Å². The molecule has 1 amide bonds. The molecule has 190 valence electrons. The summed E-state index contributed by atoms with van der Waals surface area (Å²) in [7, 11) is 3.64.